The second kappa shape index (κ2) is 7.64. The zero-order valence-electron chi connectivity index (χ0n) is 18.9. The van der Waals surface area contributed by atoms with Crippen LogP contribution in [-0.4, -0.2) is 9.13 Å². The normalized spacial score (nSPS) is 11.8. The Balaban J connectivity index is 1.31. The van der Waals surface area contributed by atoms with E-state index in [1.54, 1.807) is 0 Å². The van der Waals surface area contributed by atoms with Crippen LogP contribution in [0.5, 0.6) is 0 Å². The van der Waals surface area contributed by atoms with Gasteiger partial charge in [0.1, 0.15) is 0 Å². The molecule has 0 aliphatic carbocycles. The van der Waals surface area contributed by atoms with Crippen molar-refractivity contribution in [1.29, 1.82) is 0 Å². The summed E-state index contributed by atoms with van der Waals surface area (Å²) in [6, 6.07) is 44.0. The predicted molar refractivity (Wildman–Crippen MR) is 144 cm³/mol. The molecule has 0 unspecified atom stereocenters. The lowest BCUT2D eigenvalue weighted by Crippen LogP contribution is -2.03. The van der Waals surface area contributed by atoms with E-state index < -0.39 is 0 Å². The molecule has 2 heterocycles. The first-order valence-electron chi connectivity index (χ1n) is 11.9. The minimum Gasteiger partial charge on any atom is -0.336 e. The second-order valence-electron chi connectivity index (χ2n) is 9.06. The number of benzene rings is 5. The van der Waals surface area contributed by atoms with Gasteiger partial charge in [-0.25, -0.2) is 0 Å². The van der Waals surface area contributed by atoms with Gasteiger partial charge in [-0.15, -0.1) is 0 Å². The summed E-state index contributed by atoms with van der Waals surface area (Å²) < 4.78 is 4.90. The molecule has 34 heavy (non-hydrogen) atoms. The van der Waals surface area contributed by atoms with Crippen molar-refractivity contribution in [3.63, 3.8) is 0 Å². The van der Waals surface area contributed by atoms with Crippen LogP contribution < -0.4 is 0 Å². The molecule has 7 rings (SSSR count). The maximum atomic E-state index is 2.45. The lowest BCUT2D eigenvalue weighted by Gasteiger charge is -2.12. The van der Waals surface area contributed by atoms with E-state index in [0.29, 0.717) is 0 Å². The van der Waals surface area contributed by atoms with Gasteiger partial charge in [-0.3, -0.25) is 0 Å². The van der Waals surface area contributed by atoms with E-state index in [-0.39, 0.29) is 0 Å². The van der Waals surface area contributed by atoms with Gasteiger partial charge in [-0.05, 0) is 35.4 Å². The van der Waals surface area contributed by atoms with Crippen LogP contribution in [-0.2, 0) is 13.1 Å². The molecule has 0 aliphatic rings. The van der Waals surface area contributed by atoms with Crippen LogP contribution in [0.2, 0.25) is 0 Å². The van der Waals surface area contributed by atoms with Gasteiger partial charge in [0.25, 0.3) is 0 Å². The third-order valence-corrected chi connectivity index (χ3v) is 7.03. The topological polar surface area (TPSA) is 9.86 Å². The highest BCUT2D eigenvalue weighted by Gasteiger charge is 2.12. The Hall–Kier alpha value is -4.30. The van der Waals surface area contributed by atoms with Gasteiger partial charge in [0.15, 0.2) is 0 Å². The molecule has 0 amide bonds. The molecule has 2 heteroatoms. The number of fused-ring (bicyclic) bond motifs is 6. The molecule has 162 valence electrons. The van der Waals surface area contributed by atoms with Crippen molar-refractivity contribution in [3.8, 4) is 0 Å². The summed E-state index contributed by atoms with van der Waals surface area (Å²) >= 11 is 0. The quantitative estimate of drug-likeness (QED) is 0.264. The Morgan fingerprint density at radius 2 is 0.676 bits per heavy atom. The van der Waals surface area contributed by atoms with E-state index in [2.05, 4.69) is 130 Å². The van der Waals surface area contributed by atoms with Crippen LogP contribution in [0.4, 0.5) is 0 Å². The molecular weight excluding hydrogens is 412 g/mol. The third kappa shape index (κ3) is 2.96. The van der Waals surface area contributed by atoms with Crippen LogP contribution in [0, 0.1) is 0 Å². The number of para-hydroxylation sites is 4. The maximum Gasteiger partial charge on any atom is 0.0494 e. The number of nitrogens with zero attached hydrogens (tertiary/aromatic N) is 2. The summed E-state index contributed by atoms with van der Waals surface area (Å²) in [7, 11) is 0. The maximum absolute atomic E-state index is 2.45. The highest BCUT2D eigenvalue weighted by Crippen LogP contribution is 2.31. The molecule has 0 fully saturated rings. The van der Waals surface area contributed by atoms with Gasteiger partial charge < -0.3 is 9.13 Å². The van der Waals surface area contributed by atoms with Crippen LogP contribution in [0.1, 0.15) is 11.1 Å². The minimum atomic E-state index is 0.856. The summed E-state index contributed by atoms with van der Waals surface area (Å²) in [5.41, 5.74) is 7.80. The molecule has 0 spiro atoms. The number of rotatable bonds is 4. The molecule has 5 aromatic carbocycles. The number of hydrogen-bond acceptors (Lipinski definition) is 0. The van der Waals surface area contributed by atoms with Crippen LogP contribution in [0.15, 0.2) is 121 Å². The lowest BCUT2D eigenvalue weighted by atomic mass is 10.1. The average Bonchev–Trinajstić information content (AvgIpc) is 3.38. The summed E-state index contributed by atoms with van der Waals surface area (Å²) in [6.07, 6.45) is 0. The fraction of sp³-hybridized carbons (Fsp3) is 0.0625. The predicted octanol–water partition coefficient (Wildman–Crippen LogP) is 8.00. The zero-order valence-corrected chi connectivity index (χ0v) is 18.9. The Bertz CT molecular complexity index is 1580. The molecule has 0 radical (unpaired) electrons. The monoisotopic (exact) mass is 436 g/mol. The summed E-state index contributed by atoms with van der Waals surface area (Å²) in [6.45, 7) is 1.71. The van der Waals surface area contributed by atoms with Crippen molar-refractivity contribution in [2.45, 2.75) is 13.1 Å². The number of aromatic nitrogens is 2. The van der Waals surface area contributed by atoms with Gasteiger partial charge >= 0.3 is 0 Å². The van der Waals surface area contributed by atoms with E-state index in [9.17, 15) is 0 Å². The fourth-order valence-electron chi connectivity index (χ4n) is 5.54. The first kappa shape index (κ1) is 19.2. The number of hydrogen-bond donors (Lipinski definition) is 0. The van der Waals surface area contributed by atoms with Crippen LogP contribution in [0.3, 0.4) is 0 Å². The van der Waals surface area contributed by atoms with E-state index in [0.717, 1.165) is 13.1 Å². The van der Waals surface area contributed by atoms with E-state index in [4.69, 9.17) is 0 Å². The molecule has 7 aromatic rings. The first-order chi connectivity index (χ1) is 16.9. The first-order valence-corrected chi connectivity index (χ1v) is 11.9. The van der Waals surface area contributed by atoms with Gasteiger partial charge in [0.05, 0.1) is 0 Å². The van der Waals surface area contributed by atoms with Crippen molar-refractivity contribution in [3.05, 3.63) is 132 Å². The summed E-state index contributed by atoms with van der Waals surface area (Å²) in [5.74, 6) is 0. The average molecular weight is 437 g/mol. The second-order valence-corrected chi connectivity index (χ2v) is 9.06. The van der Waals surface area contributed by atoms with Gasteiger partial charge in [-0.1, -0.05) is 97.1 Å². The standard InChI is InChI=1S/C32H24N2/c1-5-16-29-25(12-1)26-13-2-6-17-30(26)33(29)21-23-10-9-11-24(20-23)22-34-31-18-7-3-14-27(31)28-15-4-8-19-32(28)34/h1-20H,21-22H2. The lowest BCUT2D eigenvalue weighted by molar-refractivity contribution is 0.844. The van der Waals surface area contributed by atoms with Gasteiger partial charge in [-0.2, -0.15) is 0 Å². The molecule has 0 aliphatic heterocycles. The molecule has 0 bridgehead atoms. The van der Waals surface area contributed by atoms with Crippen molar-refractivity contribution in [2.75, 3.05) is 0 Å². The Morgan fingerprint density at radius 3 is 1.03 bits per heavy atom. The fourth-order valence-corrected chi connectivity index (χ4v) is 5.54. The summed E-state index contributed by atoms with van der Waals surface area (Å²) in [4.78, 5) is 0. The molecule has 2 aromatic heterocycles. The Kier molecular flexibility index (Phi) is 4.31. The molecule has 2 nitrogen and oxygen atoms in total. The van der Waals surface area contributed by atoms with Crippen molar-refractivity contribution < 1.29 is 0 Å². The smallest absolute Gasteiger partial charge is 0.0494 e. The van der Waals surface area contributed by atoms with Gasteiger partial charge in [0.2, 0.25) is 0 Å². The highest BCUT2D eigenvalue weighted by atomic mass is 15.0. The molecular formula is C32H24N2. The van der Waals surface area contributed by atoms with E-state index >= 15 is 0 Å². The molecule has 0 N–H and O–H groups in total. The van der Waals surface area contributed by atoms with Crippen molar-refractivity contribution >= 4 is 43.6 Å². The third-order valence-electron chi connectivity index (χ3n) is 7.03. The van der Waals surface area contributed by atoms with Crippen LogP contribution in [0.25, 0.3) is 43.6 Å². The minimum absolute atomic E-state index is 0.856. The SMILES string of the molecule is c1cc(Cn2c3ccccc3c3ccccc32)cc(Cn2c3ccccc3c3ccccc32)c1. The van der Waals surface area contributed by atoms with E-state index in [1.807, 2.05) is 0 Å². The van der Waals surface area contributed by atoms with Crippen LogP contribution >= 0.6 is 0 Å². The summed E-state index contributed by atoms with van der Waals surface area (Å²) in [5, 5.41) is 5.28. The zero-order chi connectivity index (χ0) is 22.5. The van der Waals surface area contributed by atoms with Crippen molar-refractivity contribution in [2.24, 2.45) is 0 Å². The molecule has 0 saturated carbocycles. The highest BCUT2D eigenvalue weighted by molar-refractivity contribution is 6.08. The van der Waals surface area contributed by atoms with Crippen molar-refractivity contribution in [1.82, 2.24) is 9.13 Å². The van der Waals surface area contributed by atoms with Gasteiger partial charge in [0, 0.05) is 56.7 Å². The molecule has 0 saturated heterocycles. The Morgan fingerprint density at radius 1 is 0.353 bits per heavy atom. The van der Waals surface area contributed by atoms with E-state index in [1.165, 1.54) is 54.7 Å². The molecule has 0 atom stereocenters. The Labute approximate surface area is 198 Å². The largest absolute Gasteiger partial charge is 0.336 e.